The molecule has 2 aromatic heterocycles. The van der Waals surface area contributed by atoms with E-state index in [0.29, 0.717) is 28.9 Å². The Labute approximate surface area is 198 Å². The zero-order valence-corrected chi connectivity index (χ0v) is 19.8. The molecule has 0 amide bonds. The fraction of sp³-hybridized carbons (Fsp3) is 0.250. The maximum Gasteiger partial charge on any atom is 0.240 e. The highest BCUT2D eigenvalue weighted by Gasteiger charge is 2.24. The summed E-state index contributed by atoms with van der Waals surface area (Å²) in [5.74, 6) is 0. The van der Waals surface area contributed by atoms with Gasteiger partial charge in [-0.05, 0) is 49.2 Å². The van der Waals surface area contributed by atoms with Crippen molar-refractivity contribution >= 4 is 27.0 Å². The summed E-state index contributed by atoms with van der Waals surface area (Å²) in [5, 5.41) is 13.2. The number of primary sulfonamides is 1. The quantitative estimate of drug-likeness (QED) is 0.385. The first kappa shape index (κ1) is 22.3. The summed E-state index contributed by atoms with van der Waals surface area (Å²) in [5.41, 5.74) is 11.0. The van der Waals surface area contributed by atoms with Crippen LogP contribution in [0, 0.1) is 0 Å². The Morgan fingerprint density at radius 3 is 2.32 bits per heavy atom. The molecule has 1 fully saturated rings. The van der Waals surface area contributed by atoms with Crippen molar-refractivity contribution in [2.45, 2.75) is 30.8 Å². The highest BCUT2D eigenvalue weighted by atomic mass is 32.2. The largest absolute Gasteiger partial charge is 0.398 e. The van der Waals surface area contributed by atoms with Crippen molar-refractivity contribution in [2.24, 2.45) is 5.14 Å². The van der Waals surface area contributed by atoms with Crippen LogP contribution in [0.5, 0.6) is 0 Å². The van der Waals surface area contributed by atoms with E-state index in [1.807, 2.05) is 6.20 Å². The Morgan fingerprint density at radius 2 is 1.65 bits per heavy atom. The van der Waals surface area contributed by atoms with Gasteiger partial charge in [-0.1, -0.05) is 18.2 Å². The second kappa shape index (κ2) is 8.39. The molecule has 5 N–H and O–H groups in total. The van der Waals surface area contributed by atoms with Crippen LogP contribution in [0.15, 0.2) is 66.0 Å². The Kier molecular flexibility index (Phi) is 5.51. The first-order valence-corrected chi connectivity index (χ1v) is 12.6. The standard InChI is InChI=1S/C24H27N7O2S/c1-15-10-27-11-16(2)31(15)20-6-3-17(4-7-20)19-12-28-24-21(13-29-30(24)14-19)18-5-8-22(25)23(9-18)34(26,32)33/h3-9,12-16,27H,10-11,25H2,1-2H3,(H2,26,32,33)/t15-,16+. The highest BCUT2D eigenvalue weighted by Crippen LogP contribution is 2.30. The summed E-state index contributed by atoms with van der Waals surface area (Å²) < 4.78 is 25.4. The molecule has 4 aromatic rings. The first-order chi connectivity index (χ1) is 16.2. The number of hydrogen-bond donors (Lipinski definition) is 3. The van der Waals surface area contributed by atoms with Gasteiger partial charge in [-0.3, -0.25) is 0 Å². The number of nitrogens with two attached hydrogens (primary N) is 2. The Morgan fingerprint density at radius 1 is 0.971 bits per heavy atom. The third kappa shape index (κ3) is 4.00. The van der Waals surface area contributed by atoms with Gasteiger partial charge in [-0.25, -0.2) is 23.1 Å². The van der Waals surface area contributed by atoms with Gasteiger partial charge in [0.1, 0.15) is 4.90 Å². The number of sulfonamides is 1. The van der Waals surface area contributed by atoms with Gasteiger partial charge in [0.15, 0.2) is 5.65 Å². The summed E-state index contributed by atoms with van der Waals surface area (Å²) in [6.45, 7) is 6.41. The van der Waals surface area contributed by atoms with E-state index < -0.39 is 10.0 Å². The Bertz CT molecular complexity index is 1450. The van der Waals surface area contributed by atoms with Crippen molar-refractivity contribution < 1.29 is 8.42 Å². The number of nitrogens with one attached hydrogen (secondary N) is 1. The third-order valence-corrected chi connectivity index (χ3v) is 7.28. The average molecular weight is 478 g/mol. The van der Waals surface area contributed by atoms with Crippen LogP contribution in [-0.4, -0.2) is 48.2 Å². The normalized spacial score (nSPS) is 19.0. The molecule has 0 radical (unpaired) electrons. The topological polar surface area (TPSA) is 132 Å². The van der Waals surface area contributed by atoms with E-state index in [9.17, 15) is 8.42 Å². The third-order valence-electron chi connectivity index (χ3n) is 6.32. The van der Waals surface area contributed by atoms with E-state index in [1.54, 1.807) is 23.0 Å². The van der Waals surface area contributed by atoms with Crippen molar-refractivity contribution in [3.8, 4) is 22.3 Å². The molecular weight excluding hydrogens is 450 g/mol. The number of benzene rings is 2. The number of piperazine rings is 1. The van der Waals surface area contributed by atoms with Crippen LogP contribution in [-0.2, 0) is 10.0 Å². The Balaban J connectivity index is 1.47. The van der Waals surface area contributed by atoms with Crippen LogP contribution >= 0.6 is 0 Å². The van der Waals surface area contributed by atoms with Crippen LogP contribution in [0.4, 0.5) is 11.4 Å². The van der Waals surface area contributed by atoms with Gasteiger partial charge in [0.2, 0.25) is 10.0 Å². The van der Waals surface area contributed by atoms with E-state index in [2.05, 4.69) is 58.4 Å². The summed E-state index contributed by atoms with van der Waals surface area (Å²) in [6.07, 6.45) is 5.36. The average Bonchev–Trinajstić information content (AvgIpc) is 3.22. The zero-order chi connectivity index (χ0) is 24.0. The highest BCUT2D eigenvalue weighted by molar-refractivity contribution is 7.89. The van der Waals surface area contributed by atoms with E-state index >= 15 is 0 Å². The molecule has 1 aliphatic rings. The van der Waals surface area contributed by atoms with E-state index in [0.717, 1.165) is 24.2 Å². The van der Waals surface area contributed by atoms with Gasteiger partial charge < -0.3 is 16.0 Å². The van der Waals surface area contributed by atoms with E-state index in [4.69, 9.17) is 10.9 Å². The lowest BCUT2D eigenvalue weighted by molar-refractivity contribution is 0.432. The zero-order valence-electron chi connectivity index (χ0n) is 19.0. The molecule has 34 heavy (non-hydrogen) atoms. The van der Waals surface area contributed by atoms with E-state index in [-0.39, 0.29) is 10.6 Å². The molecule has 1 saturated heterocycles. The maximum atomic E-state index is 11.9. The number of nitrogen functional groups attached to an aromatic ring is 1. The smallest absolute Gasteiger partial charge is 0.240 e. The lowest BCUT2D eigenvalue weighted by Gasteiger charge is -2.41. The predicted molar refractivity (Wildman–Crippen MR) is 134 cm³/mol. The lowest BCUT2D eigenvalue weighted by atomic mass is 10.0. The van der Waals surface area contributed by atoms with Gasteiger partial charge in [0, 0.05) is 54.4 Å². The van der Waals surface area contributed by atoms with Crippen LogP contribution < -0.4 is 21.1 Å². The molecule has 0 bridgehead atoms. The fourth-order valence-electron chi connectivity index (χ4n) is 4.64. The number of hydrogen-bond acceptors (Lipinski definition) is 7. The van der Waals surface area contributed by atoms with Gasteiger partial charge in [-0.15, -0.1) is 0 Å². The van der Waals surface area contributed by atoms with Crippen molar-refractivity contribution in [3.63, 3.8) is 0 Å². The molecule has 9 nitrogen and oxygen atoms in total. The minimum atomic E-state index is -3.94. The minimum Gasteiger partial charge on any atom is -0.398 e. The van der Waals surface area contributed by atoms with Crippen molar-refractivity contribution in [2.75, 3.05) is 23.7 Å². The van der Waals surface area contributed by atoms with Gasteiger partial charge in [0.05, 0.1) is 11.9 Å². The lowest BCUT2D eigenvalue weighted by Crippen LogP contribution is -2.55. The van der Waals surface area contributed by atoms with Crippen LogP contribution in [0.3, 0.4) is 0 Å². The van der Waals surface area contributed by atoms with Crippen molar-refractivity contribution in [1.29, 1.82) is 0 Å². The van der Waals surface area contributed by atoms with E-state index in [1.165, 1.54) is 17.8 Å². The predicted octanol–water partition coefficient (Wildman–Crippen LogP) is 2.48. The molecular formula is C24H27N7O2S. The molecule has 0 spiro atoms. The molecule has 0 aliphatic carbocycles. The molecule has 0 saturated carbocycles. The monoisotopic (exact) mass is 477 g/mol. The molecule has 10 heteroatoms. The summed E-state index contributed by atoms with van der Waals surface area (Å²) in [6, 6.07) is 14.1. The summed E-state index contributed by atoms with van der Waals surface area (Å²) in [7, 11) is -3.94. The minimum absolute atomic E-state index is 0.103. The number of aromatic nitrogens is 3. The molecule has 2 atom stereocenters. The second-order valence-electron chi connectivity index (χ2n) is 8.78. The van der Waals surface area contributed by atoms with Crippen molar-refractivity contribution in [1.82, 2.24) is 19.9 Å². The molecule has 176 valence electrons. The molecule has 5 rings (SSSR count). The number of anilines is 2. The van der Waals surface area contributed by atoms with Crippen molar-refractivity contribution in [3.05, 3.63) is 61.1 Å². The maximum absolute atomic E-state index is 11.9. The Hall–Kier alpha value is -3.47. The molecule has 1 aliphatic heterocycles. The summed E-state index contributed by atoms with van der Waals surface area (Å²) in [4.78, 5) is 6.95. The van der Waals surface area contributed by atoms with Crippen LogP contribution in [0.1, 0.15) is 13.8 Å². The van der Waals surface area contributed by atoms with Gasteiger partial charge in [-0.2, -0.15) is 5.10 Å². The SMILES string of the molecule is C[C@@H]1CNC[C@H](C)N1c1ccc(-c2cnc3c(-c4ccc(N)c(S(N)(=O)=O)c4)cnn3c2)cc1. The second-order valence-corrected chi connectivity index (χ2v) is 10.3. The first-order valence-electron chi connectivity index (χ1n) is 11.1. The number of rotatable bonds is 4. The van der Waals surface area contributed by atoms with Gasteiger partial charge in [0.25, 0.3) is 0 Å². The number of fused-ring (bicyclic) bond motifs is 1. The molecule has 3 heterocycles. The van der Waals surface area contributed by atoms with Gasteiger partial charge >= 0.3 is 0 Å². The van der Waals surface area contributed by atoms with Crippen LogP contribution in [0.25, 0.3) is 27.9 Å². The van der Waals surface area contributed by atoms with Crippen LogP contribution in [0.2, 0.25) is 0 Å². The fourth-order valence-corrected chi connectivity index (χ4v) is 5.33. The number of nitrogens with zero attached hydrogens (tertiary/aromatic N) is 4. The molecule has 2 aromatic carbocycles. The molecule has 0 unspecified atom stereocenters. The summed E-state index contributed by atoms with van der Waals surface area (Å²) >= 11 is 0.